The summed E-state index contributed by atoms with van der Waals surface area (Å²) in [7, 11) is 0. The maximum Gasteiger partial charge on any atom is 0.269 e. The van der Waals surface area contributed by atoms with E-state index in [2.05, 4.69) is 13.8 Å². The first-order chi connectivity index (χ1) is 7.09. The van der Waals surface area contributed by atoms with Crippen LogP contribution in [0.5, 0.6) is 0 Å². The molecule has 0 radical (unpaired) electrons. The van der Waals surface area contributed by atoms with Crippen molar-refractivity contribution in [2.75, 3.05) is 0 Å². The topological polar surface area (TPSA) is 55.7 Å². The second-order valence-electron chi connectivity index (χ2n) is 4.11. The molecule has 0 N–H and O–H groups in total. The van der Waals surface area contributed by atoms with Crippen molar-refractivity contribution in [1.82, 2.24) is 0 Å². The minimum Gasteiger partial charge on any atom is -0.364 e. The zero-order valence-electron chi connectivity index (χ0n) is 8.71. The van der Waals surface area contributed by atoms with Gasteiger partial charge in [-0.15, -0.1) is 0 Å². The summed E-state index contributed by atoms with van der Waals surface area (Å²) in [4.78, 5) is 10.1. The van der Waals surface area contributed by atoms with Crippen LogP contribution in [0.1, 0.15) is 25.5 Å². The molecule has 0 amide bonds. The van der Waals surface area contributed by atoms with Crippen LogP contribution in [-0.4, -0.2) is 11.0 Å². The summed E-state index contributed by atoms with van der Waals surface area (Å²) in [6.45, 7) is 4.21. The molecule has 0 aromatic heterocycles. The van der Waals surface area contributed by atoms with Crippen LogP contribution in [0.15, 0.2) is 24.3 Å². The fraction of sp³-hybridized carbons (Fsp3) is 0.455. The van der Waals surface area contributed by atoms with Crippen LogP contribution in [0.25, 0.3) is 0 Å². The summed E-state index contributed by atoms with van der Waals surface area (Å²) >= 11 is 0. The number of nitro benzene ring substituents is 1. The van der Waals surface area contributed by atoms with Crippen molar-refractivity contribution in [2.24, 2.45) is 5.92 Å². The summed E-state index contributed by atoms with van der Waals surface area (Å²) < 4.78 is 5.49. The van der Waals surface area contributed by atoms with Gasteiger partial charge in [0.2, 0.25) is 0 Å². The second kappa shape index (κ2) is 3.62. The molecular weight excluding hydrogens is 194 g/mol. The number of nitro groups is 1. The first kappa shape index (κ1) is 10.1. The van der Waals surface area contributed by atoms with E-state index in [1.165, 1.54) is 12.1 Å². The predicted molar refractivity (Wildman–Crippen MR) is 55.5 cm³/mol. The fourth-order valence-electron chi connectivity index (χ4n) is 1.68. The van der Waals surface area contributed by atoms with Gasteiger partial charge in [0.15, 0.2) is 0 Å². The molecular formula is C11H13NO3. The minimum atomic E-state index is -0.391. The van der Waals surface area contributed by atoms with E-state index in [0.29, 0.717) is 5.92 Å². The number of hydrogen-bond donors (Lipinski definition) is 0. The molecule has 1 aliphatic rings. The lowest BCUT2D eigenvalue weighted by Gasteiger charge is -1.98. The Morgan fingerprint density at radius 2 is 1.93 bits per heavy atom. The molecule has 2 unspecified atom stereocenters. The molecule has 0 bridgehead atoms. The highest BCUT2D eigenvalue weighted by atomic mass is 16.6. The van der Waals surface area contributed by atoms with E-state index < -0.39 is 4.92 Å². The SMILES string of the molecule is CC(C)C1OC1c1ccc([N+](=O)[O-])cc1. The van der Waals surface area contributed by atoms with Gasteiger partial charge in [-0.1, -0.05) is 13.8 Å². The van der Waals surface area contributed by atoms with Crippen LogP contribution >= 0.6 is 0 Å². The Morgan fingerprint density at radius 1 is 1.33 bits per heavy atom. The van der Waals surface area contributed by atoms with E-state index >= 15 is 0 Å². The monoisotopic (exact) mass is 207 g/mol. The lowest BCUT2D eigenvalue weighted by atomic mass is 10.0. The Labute approximate surface area is 88.0 Å². The smallest absolute Gasteiger partial charge is 0.269 e. The van der Waals surface area contributed by atoms with Crippen molar-refractivity contribution in [2.45, 2.75) is 26.1 Å². The Kier molecular flexibility index (Phi) is 2.44. The molecule has 4 nitrogen and oxygen atoms in total. The van der Waals surface area contributed by atoms with Crippen molar-refractivity contribution in [3.63, 3.8) is 0 Å². The quantitative estimate of drug-likeness (QED) is 0.435. The van der Waals surface area contributed by atoms with E-state index in [0.717, 1.165) is 5.56 Å². The standard InChI is InChI=1S/C11H13NO3/c1-7(2)10-11(15-10)8-3-5-9(6-4-8)12(13)14/h3-7,10-11H,1-2H3. The summed E-state index contributed by atoms with van der Waals surface area (Å²) in [5, 5.41) is 10.4. The van der Waals surface area contributed by atoms with E-state index in [4.69, 9.17) is 4.74 Å². The first-order valence-electron chi connectivity index (χ1n) is 4.99. The summed E-state index contributed by atoms with van der Waals surface area (Å²) in [5.41, 5.74) is 1.15. The van der Waals surface area contributed by atoms with Crippen LogP contribution < -0.4 is 0 Å². The van der Waals surface area contributed by atoms with Gasteiger partial charge >= 0.3 is 0 Å². The maximum absolute atomic E-state index is 10.4. The molecule has 1 aromatic carbocycles. The zero-order valence-corrected chi connectivity index (χ0v) is 8.71. The molecule has 4 heteroatoms. The number of benzene rings is 1. The zero-order chi connectivity index (χ0) is 11.0. The molecule has 80 valence electrons. The highest BCUT2D eigenvalue weighted by Crippen LogP contribution is 2.43. The van der Waals surface area contributed by atoms with Crippen molar-refractivity contribution in [1.29, 1.82) is 0 Å². The van der Waals surface area contributed by atoms with Gasteiger partial charge in [-0.3, -0.25) is 10.1 Å². The summed E-state index contributed by atoms with van der Waals surface area (Å²) in [5.74, 6) is 0.491. The molecule has 1 heterocycles. The molecule has 0 aliphatic carbocycles. The molecule has 1 aromatic rings. The number of ether oxygens (including phenoxy) is 1. The van der Waals surface area contributed by atoms with Crippen molar-refractivity contribution in [3.05, 3.63) is 39.9 Å². The number of non-ortho nitro benzene ring substituents is 1. The van der Waals surface area contributed by atoms with Crippen LogP contribution in [0, 0.1) is 16.0 Å². The van der Waals surface area contributed by atoms with Gasteiger partial charge in [0.1, 0.15) is 6.10 Å². The summed E-state index contributed by atoms with van der Waals surface area (Å²) in [6, 6.07) is 6.58. The van der Waals surface area contributed by atoms with Crippen LogP contribution in [-0.2, 0) is 4.74 Å². The lowest BCUT2D eigenvalue weighted by Crippen LogP contribution is -1.98. The molecule has 0 saturated carbocycles. The fourth-order valence-corrected chi connectivity index (χ4v) is 1.68. The Morgan fingerprint density at radius 3 is 2.33 bits per heavy atom. The van der Waals surface area contributed by atoms with Gasteiger partial charge in [-0.25, -0.2) is 0 Å². The van der Waals surface area contributed by atoms with E-state index in [9.17, 15) is 10.1 Å². The van der Waals surface area contributed by atoms with Crippen LogP contribution in [0.3, 0.4) is 0 Å². The highest BCUT2D eigenvalue weighted by Gasteiger charge is 2.42. The molecule has 1 fully saturated rings. The van der Waals surface area contributed by atoms with E-state index in [-0.39, 0.29) is 17.9 Å². The van der Waals surface area contributed by atoms with Gasteiger partial charge in [0, 0.05) is 12.1 Å². The third-order valence-corrected chi connectivity index (χ3v) is 2.62. The van der Waals surface area contributed by atoms with E-state index in [1.807, 2.05) is 0 Å². The Hall–Kier alpha value is -1.42. The summed E-state index contributed by atoms with van der Waals surface area (Å²) in [6.07, 6.45) is 0.400. The number of rotatable bonds is 3. The maximum atomic E-state index is 10.4. The Bertz CT molecular complexity index is 372. The van der Waals surface area contributed by atoms with Crippen molar-refractivity contribution < 1.29 is 9.66 Å². The Balaban J connectivity index is 2.09. The first-order valence-corrected chi connectivity index (χ1v) is 4.99. The van der Waals surface area contributed by atoms with Gasteiger partial charge in [0.05, 0.1) is 11.0 Å². The van der Waals surface area contributed by atoms with E-state index in [1.54, 1.807) is 12.1 Å². The second-order valence-corrected chi connectivity index (χ2v) is 4.11. The molecule has 1 aliphatic heterocycles. The van der Waals surface area contributed by atoms with Gasteiger partial charge in [-0.05, 0) is 23.6 Å². The minimum absolute atomic E-state index is 0.125. The normalized spacial score (nSPS) is 24.2. The van der Waals surface area contributed by atoms with Gasteiger partial charge in [-0.2, -0.15) is 0 Å². The number of nitrogens with zero attached hydrogens (tertiary/aromatic N) is 1. The largest absolute Gasteiger partial charge is 0.364 e. The predicted octanol–water partition coefficient (Wildman–Crippen LogP) is 2.69. The average Bonchev–Trinajstić information content (AvgIpc) is 2.97. The number of epoxide rings is 1. The van der Waals surface area contributed by atoms with Crippen molar-refractivity contribution >= 4 is 5.69 Å². The molecule has 0 spiro atoms. The van der Waals surface area contributed by atoms with Crippen LogP contribution in [0.2, 0.25) is 0 Å². The lowest BCUT2D eigenvalue weighted by molar-refractivity contribution is -0.384. The third-order valence-electron chi connectivity index (χ3n) is 2.62. The van der Waals surface area contributed by atoms with Gasteiger partial charge in [0.25, 0.3) is 5.69 Å². The third kappa shape index (κ3) is 1.99. The molecule has 2 atom stereocenters. The average molecular weight is 207 g/mol. The van der Waals surface area contributed by atoms with Crippen LogP contribution in [0.4, 0.5) is 5.69 Å². The molecule has 2 rings (SSSR count). The van der Waals surface area contributed by atoms with Crippen molar-refractivity contribution in [3.8, 4) is 0 Å². The molecule has 15 heavy (non-hydrogen) atoms. The van der Waals surface area contributed by atoms with Gasteiger partial charge < -0.3 is 4.74 Å². The number of hydrogen-bond acceptors (Lipinski definition) is 3. The molecule has 1 saturated heterocycles. The highest BCUT2D eigenvalue weighted by molar-refractivity contribution is 5.35.